The van der Waals surface area contributed by atoms with Crippen molar-refractivity contribution in [1.29, 1.82) is 0 Å². The highest BCUT2D eigenvalue weighted by molar-refractivity contribution is 5.76. The molecule has 0 aliphatic carbocycles. The van der Waals surface area contributed by atoms with Gasteiger partial charge in [0.25, 0.3) is 0 Å². The van der Waals surface area contributed by atoms with E-state index in [1.165, 1.54) is 0 Å². The van der Waals surface area contributed by atoms with Gasteiger partial charge in [-0.2, -0.15) is 0 Å². The molecule has 0 amide bonds. The molecule has 3 N–H and O–H groups in total. The van der Waals surface area contributed by atoms with Gasteiger partial charge in [-0.15, -0.1) is 0 Å². The molecule has 0 bridgehead atoms. The fourth-order valence-corrected chi connectivity index (χ4v) is 2.17. The molecule has 0 aliphatic rings. The summed E-state index contributed by atoms with van der Waals surface area (Å²) in [7, 11) is 0. The van der Waals surface area contributed by atoms with Crippen LogP contribution in [0.2, 0.25) is 0 Å². The topological polar surface area (TPSA) is 91.0 Å². The minimum Gasteiger partial charge on any atom is -0.490 e. The molecule has 6 heteroatoms. The van der Waals surface area contributed by atoms with Crippen molar-refractivity contribution in [3.05, 3.63) is 23.8 Å². The van der Waals surface area contributed by atoms with Crippen LogP contribution in [-0.4, -0.2) is 36.9 Å². The van der Waals surface area contributed by atoms with Gasteiger partial charge < -0.3 is 25.1 Å². The Kier molecular flexibility index (Phi) is 9.96. The number of esters is 1. The lowest BCUT2D eigenvalue weighted by atomic mass is 10.0. The van der Waals surface area contributed by atoms with Crippen molar-refractivity contribution in [2.24, 2.45) is 5.73 Å². The average Bonchev–Trinajstić information content (AvgIpc) is 2.62. The number of benzene rings is 1. The second kappa shape index (κ2) is 11.7. The summed E-state index contributed by atoms with van der Waals surface area (Å²) in [5.41, 5.74) is 6.29. The normalized spacial score (nSPS) is 13.2. The number of ether oxygens (including phenoxy) is 3. The van der Waals surface area contributed by atoms with Gasteiger partial charge in [0.15, 0.2) is 11.5 Å². The molecule has 1 aromatic carbocycles. The summed E-state index contributed by atoms with van der Waals surface area (Å²) in [6, 6.07) is 3.97. The molecule has 0 radical (unpaired) electrons. The predicted molar refractivity (Wildman–Crippen MR) is 96.8 cm³/mol. The molecule has 1 aromatic rings. The van der Waals surface area contributed by atoms with Crippen LogP contribution in [0, 0.1) is 0 Å². The van der Waals surface area contributed by atoms with E-state index in [1.807, 2.05) is 0 Å². The molecule has 0 saturated carbocycles. The van der Waals surface area contributed by atoms with Crippen LogP contribution in [0.3, 0.4) is 0 Å². The maximum absolute atomic E-state index is 11.7. The summed E-state index contributed by atoms with van der Waals surface area (Å²) in [4.78, 5) is 11.7. The average molecular weight is 353 g/mol. The minimum atomic E-state index is -1.17. The number of rotatable bonds is 12. The summed E-state index contributed by atoms with van der Waals surface area (Å²) in [5, 5.41) is 10.4. The number of aliphatic hydroxyl groups excluding tert-OH is 1. The largest absolute Gasteiger partial charge is 0.490 e. The number of carbonyl (C=O) groups is 1. The molecule has 0 fully saturated rings. The Labute approximate surface area is 150 Å². The van der Waals surface area contributed by atoms with Crippen LogP contribution in [0.1, 0.15) is 58.1 Å². The third-order valence-corrected chi connectivity index (χ3v) is 3.72. The molecule has 1 rings (SSSR count). The quantitative estimate of drug-likeness (QED) is 0.443. The first-order chi connectivity index (χ1) is 12.0. The van der Waals surface area contributed by atoms with Crippen LogP contribution < -0.4 is 15.2 Å². The van der Waals surface area contributed by atoms with E-state index < -0.39 is 18.1 Å². The Hall–Kier alpha value is -1.79. The third-order valence-electron chi connectivity index (χ3n) is 3.72. The van der Waals surface area contributed by atoms with Crippen molar-refractivity contribution >= 4 is 5.97 Å². The summed E-state index contributed by atoms with van der Waals surface area (Å²) < 4.78 is 16.4. The van der Waals surface area contributed by atoms with Crippen LogP contribution in [-0.2, 0) is 9.53 Å². The number of hydrogen-bond donors (Lipinski definition) is 2. The monoisotopic (exact) mass is 353 g/mol. The molecule has 0 unspecified atom stereocenters. The lowest BCUT2D eigenvalue weighted by Gasteiger charge is -2.20. The smallest absolute Gasteiger partial charge is 0.325 e. The molecule has 25 heavy (non-hydrogen) atoms. The second-order valence-corrected chi connectivity index (χ2v) is 5.83. The van der Waals surface area contributed by atoms with Gasteiger partial charge in [0.2, 0.25) is 0 Å². The fourth-order valence-electron chi connectivity index (χ4n) is 2.17. The van der Waals surface area contributed by atoms with Crippen LogP contribution in [0.5, 0.6) is 11.5 Å². The highest BCUT2D eigenvalue weighted by atomic mass is 16.5. The molecule has 142 valence electrons. The summed E-state index contributed by atoms with van der Waals surface area (Å²) in [6.45, 7) is 7.25. The van der Waals surface area contributed by atoms with Crippen LogP contribution >= 0.6 is 0 Å². The Morgan fingerprint density at radius 1 is 1.08 bits per heavy atom. The van der Waals surface area contributed by atoms with Crippen LogP contribution in [0.15, 0.2) is 18.2 Å². The molecule has 2 atom stereocenters. The molecule has 0 aliphatic heterocycles. The van der Waals surface area contributed by atoms with E-state index in [4.69, 9.17) is 19.9 Å². The summed E-state index contributed by atoms with van der Waals surface area (Å²) >= 11 is 0. The van der Waals surface area contributed by atoms with E-state index in [1.54, 1.807) is 25.1 Å². The lowest BCUT2D eigenvalue weighted by molar-refractivity contribution is -0.147. The van der Waals surface area contributed by atoms with Gasteiger partial charge in [-0.3, -0.25) is 4.79 Å². The van der Waals surface area contributed by atoms with E-state index in [9.17, 15) is 9.90 Å². The van der Waals surface area contributed by atoms with Crippen molar-refractivity contribution in [1.82, 2.24) is 0 Å². The van der Waals surface area contributed by atoms with Gasteiger partial charge in [0.05, 0.1) is 19.8 Å². The minimum absolute atomic E-state index is 0.217. The van der Waals surface area contributed by atoms with E-state index in [0.717, 1.165) is 25.7 Å². The molecular formula is C19H31NO5. The second-order valence-electron chi connectivity index (χ2n) is 5.83. The molecule has 0 heterocycles. The zero-order chi connectivity index (χ0) is 18.7. The maximum Gasteiger partial charge on any atom is 0.325 e. The van der Waals surface area contributed by atoms with Crippen molar-refractivity contribution in [3.8, 4) is 11.5 Å². The van der Waals surface area contributed by atoms with Crippen molar-refractivity contribution in [2.45, 2.75) is 58.6 Å². The van der Waals surface area contributed by atoms with Crippen molar-refractivity contribution < 1.29 is 24.1 Å². The first-order valence-electron chi connectivity index (χ1n) is 9.04. The number of aliphatic hydroxyl groups is 1. The number of hydrogen-bond acceptors (Lipinski definition) is 6. The van der Waals surface area contributed by atoms with Crippen LogP contribution in [0.25, 0.3) is 0 Å². The first-order valence-corrected chi connectivity index (χ1v) is 9.04. The Morgan fingerprint density at radius 2 is 1.68 bits per heavy atom. The van der Waals surface area contributed by atoms with Gasteiger partial charge >= 0.3 is 5.97 Å². The van der Waals surface area contributed by atoms with E-state index in [0.29, 0.717) is 30.3 Å². The standard InChI is InChI=1S/C19H31NO5/c1-4-7-11-24-15-10-9-14(13-16(15)25-12-8-5-2)18(21)17(20)19(22)23-6-3/h9-10,13,17-18,21H,4-8,11-12,20H2,1-3H3/t17-,18+/m0/s1. The molecule has 0 spiro atoms. The Balaban J connectivity index is 2.92. The Morgan fingerprint density at radius 3 is 2.24 bits per heavy atom. The van der Waals surface area contributed by atoms with E-state index in [-0.39, 0.29) is 6.61 Å². The zero-order valence-corrected chi connectivity index (χ0v) is 15.5. The first kappa shape index (κ1) is 21.3. The highest BCUT2D eigenvalue weighted by Gasteiger charge is 2.26. The third kappa shape index (κ3) is 6.92. The number of carbonyl (C=O) groups excluding carboxylic acids is 1. The SMILES string of the molecule is CCCCOc1ccc([C@@H](O)[C@H](N)C(=O)OCC)cc1OCCCC. The van der Waals surface area contributed by atoms with E-state index >= 15 is 0 Å². The van der Waals surface area contributed by atoms with Gasteiger partial charge in [0, 0.05) is 0 Å². The molecule has 0 saturated heterocycles. The number of unbranched alkanes of at least 4 members (excludes halogenated alkanes) is 2. The van der Waals surface area contributed by atoms with Gasteiger partial charge in [0.1, 0.15) is 12.1 Å². The Bertz CT molecular complexity index is 521. The zero-order valence-electron chi connectivity index (χ0n) is 15.5. The number of nitrogens with two attached hydrogens (primary N) is 1. The summed E-state index contributed by atoms with van der Waals surface area (Å²) in [5.74, 6) is 0.550. The van der Waals surface area contributed by atoms with Gasteiger partial charge in [-0.1, -0.05) is 32.8 Å². The van der Waals surface area contributed by atoms with Crippen LogP contribution in [0.4, 0.5) is 0 Å². The summed E-state index contributed by atoms with van der Waals surface area (Å²) in [6.07, 6.45) is 2.76. The van der Waals surface area contributed by atoms with Crippen molar-refractivity contribution in [3.63, 3.8) is 0 Å². The lowest BCUT2D eigenvalue weighted by Crippen LogP contribution is -2.38. The molecule has 6 nitrogen and oxygen atoms in total. The molecule has 0 aromatic heterocycles. The molecular weight excluding hydrogens is 322 g/mol. The maximum atomic E-state index is 11.7. The fraction of sp³-hybridized carbons (Fsp3) is 0.632. The van der Waals surface area contributed by atoms with E-state index in [2.05, 4.69) is 13.8 Å². The van der Waals surface area contributed by atoms with Gasteiger partial charge in [-0.25, -0.2) is 0 Å². The predicted octanol–water partition coefficient (Wildman–Crippen LogP) is 2.97. The van der Waals surface area contributed by atoms with Gasteiger partial charge in [-0.05, 0) is 37.5 Å². The highest BCUT2D eigenvalue weighted by Crippen LogP contribution is 2.32. The van der Waals surface area contributed by atoms with Crippen molar-refractivity contribution in [2.75, 3.05) is 19.8 Å².